The highest BCUT2D eigenvalue weighted by Crippen LogP contribution is 2.40. The topological polar surface area (TPSA) is 20.2 Å². The van der Waals surface area contributed by atoms with Gasteiger partial charge in [0.05, 0.1) is 0 Å². The second-order valence-electron chi connectivity index (χ2n) is 3.34. The maximum Gasteiger partial charge on any atom is 0.103 e. The molecule has 1 heterocycles. The predicted octanol–water partition coefficient (Wildman–Crippen LogP) is 3.69. The van der Waals surface area contributed by atoms with Crippen LogP contribution in [-0.2, 0) is 0 Å². The summed E-state index contributed by atoms with van der Waals surface area (Å²) in [5, 5.41) is 12.1. The fourth-order valence-electron chi connectivity index (χ4n) is 0.928. The maximum atomic E-state index is 10.1. The molecule has 0 fully saturated rings. The van der Waals surface area contributed by atoms with Crippen LogP contribution in [0.4, 0.5) is 0 Å². The van der Waals surface area contributed by atoms with Gasteiger partial charge in [-0.1, -0.05) is 0 Å². The van der Waals surface area contributed by atoms with E-state index in [0.717, 1.165) is 9.35 Å². The Labute approximate surface area is 95.7 Å². The number of halogens is 1. The van der Waals surface area contributed by atoms with Gasteiger partial charge in [-0.05, 0) is 47.5 Å². The lowest BCUT2D eigenvalue weighted by Gasteiger charge is -2.28. The molecule has 1 unspecified atom stereocenters. The molecule has 0 saturated heterocycles. The Morgan fingerprint density at radius 1 is 1.62 bits per heavy atom. The van der Waals surface area contributed by atoms with E-state index in [9.17, 15) is 5.11 Å². The van der Waals surface area contributed by atoms with Gasteiger partial charge in [-0.15, -0.1) is 11.3 Å². The first-order valence-corrected chi connectivity index (χ1v) is 6.85. The van der Waals surface area contributed by atoms with E-state index in [0.29, 0.717) is 0 Å². The third-order valence-electron chi connectivity index (χ3n) is 2.08. The van der Waals surface area contributed by atoms with E-state index in [1.54, 1.807) is 23.1 Å². The lowest BCUT2D eigenvalue weighted by Crippen LogP contribution is -2.24. The van der Waals surface area contributed by atoms with Crippen LogP contribution in [0, 0.1) is 0 Å². The van der Waals surface area contributed by atoms with Gasteiger partial charge in [-0.25, -0.2) is 0 Å². The van der Waals surface area contributed by atoms with Crippen molar-refractivity contribution in [2.24, 2.45) is 0 Å². The molecule has 0 aromatic carbocycles. The van der Waals surface area contributed by atoms with Crippen molar-refractivity contribution in [3.05, 3.63) is 20.8 Å². The van der Waals surface area contributed by atoms with E-state index in [1.807, 2.05) is 17.7 Å². The standard InChI is InChI=1S/C9H13BrOS2/c1-9(2,12-3)8(11)7-6(10)4-5-13-7/h4-5,8,11H,1-3H3. The molecule has 4 heteroatoms. The summed E-state index contributed by atoms with van der Waals surface area (Å²) in [6.07, 6.45) is 1.61. The van der Waals surface area contributed by atoms with Gasteiger partial charge in [0.25, 0.3) is 0 Å². The first-order valence-electron chi connectivity index (χ1n) is 3.95. The first-order chi connectivity index (χ1) is 5.99. The summed E-state index contributed by atoms with van der Waals surface area (Å²) in [5.41, 5.74) is 0. The number of rotatable bonds is 3. The summed E-state index contributed by atoms with van der Waals surface area (Å²) < 4.78 is 0.875. The predicted molar refractivity (Wildman–Crippen MR) is 64.6 cm³/mol. The van der Waals surface area contributed by atoms with Gasteiger partial charge in [0.15, 0.2) is 0 Å². The molecule has 1 atom stereocenters. The van der Waals surface area contributed by atoms with E-state index >= 15 is 0 Å². The summed E-state index contributed by atoms with van der Waals surface area (Å²) in [5.74, 6) is 0. The van der Waals surface area contributed by atoms with Crippen molar-refractivity contribution in [3.8, 4) is 0 Å². The average Bonchev–Trinajstić information content (AvgIpc) is 2.50. The Kier molecular flexibility index (Phi) is 3.86. The van der Waals surface area contributed by atoms with Crippen molar-refractivity contribution in [1.82, 2.24) is 0 Å². The van der Waals surface area contributed by atoms with Crippen LogP contribution in [0.5, 0.6) is 0 Å². The van der Waals surface area contributed by atoms with Crippen LogP contribution in [0.15, 0.2) is 15.9 Å². The molecule has 1 N–H and O–H groups in total. The van der Waals surface area contributed by atoms with Crippen molar-refractivity contribution in [3.63, 3.8) is 0 Å². The molecule has 1 aromatic heterocycles. The Balaban J connectivity index is 2.91. The second kappa shape index (κ2) is 4.34. The summed E-state index contributed by atoms with van der Waals surface area (Å²) in [6.45, 7) is 4.10. The molecule has 1 aromatic rings. The number of thioether (sulfide) groups is 1. The number of hydrogen-bond acceptors (Lipinski definition) is 3. The number of aliphatic hydroxyl groups excluding tert-OH is 1. The van der Waals surface area contributed by atoms with Crippen LogP contribution in [0.1, 0.15) is 24.8 Å². The van der Waals surface area contributed by atoms with Crippen molar-refractivity contribution in [1.29, 1.82) is 0 Å². The Bertz CT molecular complexity index is 283. The molecule has 1 nitrogen and oxygen atoms in total. The van der Waals surface area contributed by atoms with Gasteiger partial charge in [0.1, 0.15) is 6.10 Å². The molecular formula is C9H13BrOS2. The van der Waals surface area contributed by atoms with Crippen molar-refractivity contribution < 1.29 is 5.11 Å². The fraction of sp³-hybridized carbons (Fsp3) is 0.556. The molecule has 0 bridgehead atoms. The van der Waals surface area contributed by atoms with Crippen LogP contribution >= 0.6 is 39.0 Å². The SMILES string of the molecule is CSC(C)(C)C(O)c1sccc1Br. The average molecular weight is 281 g/mol. The van der Waals surface area contributed by atoms with Crippen molar-refractivity contribution in [2.75, 3.05) is 6.26 Å². The van der Waals surface area contributed by atoms with Gasteiger partial charge in [-0.3, -0.25) is 0 Å². The second-order valence-corrected chi connectivity index (χ2v) is 6.61. The molecule has 13 heavy (non-hydrogen) atoms. The molecule has 0 radical (unpaired) electrons. The fourth-order valence-corrected chi connectivity index (χ4v) is 3.10. The van der Waals surface area contributed by atoms with E-state index in [1.165, 1.54) is 0 Å². The summed E-state index contributed by atoms with van der Waals surface area (Å²) >= 11 is 6.70. The first kappa shape index (κ1) is 11.6. The van der Waals surface area contributed by atoms with E-state index in [4.69, 9.17) is 0 Å². The zero-order valence-electron chi connectivity index (χ0n) is 7.87. The minimum absolute atomic E-state index is 0.132. The van der Waals surface area contributed by atoms with Crippen LogP contribution < -0.4 is 0 Å². The quantitative estimate of drug-likeness (QED) is 0.912. The van der Waals surface area contributed by atoms with Crippen LogP contribution in [-0.4, -0.2) is 16.1 Å². The monoisotopic (exact) mass is 280 g/mol. The van der Waals surface area contributed by atoms with E-state index < -0.39 is 6.10 Å². The van der Waals surface area contributed by atoms with E-state index in [2.05, 4.69) is 29.8 Å². The van der Waals surface area contributed by atoms with Gasteiger partial charge in [-0.2, -0.15) is 11.8 Å². The lowest BCUT2D eigenvalue weighted by atomic mass is 10.1. The number of aliphatic hydroxyl groups is 1. The van der Waals surface area contributed by atoms with Crippen LogP contribution in [0.25, 0.3) is 0 Å². The smallest absolute Gasteiger partial charge is 0.103 e. The third-order valence-corrected chi connectivity index (χ3v) is 5.28. The minimum atomic E-state index is -0.406. The van der Waals surface area contributed by atoms with Gasteiger partial charge in [0.2, 0.25) is 0 Å². The molecule has 0 aliphatic heterocycles. The maximum absolute atomic E-state index is 10.1. The molecule has 0 saturated carbocycles. The van der Waals surface area contributed by atoms with Crippen LogP contribution in [0.3, 0.4) is 0 Å². The normalized spacial score (nSPS) is 14.5. The minimum Gasteiger partial charge on any atom is -0.386 e. The largest absolute Gasteiger partial charge is 0.386 e. The summed E-state index contributed by atoms with van der Waals surface area (Å²) in [7, 11) is 0. The highest BCUT2D eigenvalue weighted by Gasteiger charge is 2.30. The summed E-state index contributed by atoms with van der Waals surface area (Å²) in [6, 6.07) is 1.97. The lowest BCUT2D eigenvalue weighted by molar-refractivity contribution is 0.147. The molecular weight excluding hydrogens is 268 g/mol. The Morgan fingerprint density at radius 2 is 2.23 bits per heavy atom. The van der Waals surface area contributed by atoms with Gasteiger partial charge in [0, 0.05) is 14.1 Å². The zero-order valence-corrected chi connectivity index (χ0v) is 11.1. The zero-order chi connectivity index (χ0) is 10.1. The third kappa shape index (κ3) is 2.49. The highest BCUT2D eigenvalue weighted by molar-refractivity contribution is 9.10. The highest BCUT2D eigenvalue weighted by atomic mass is 79.9. The molecule has 0 amide bonds. The molecule has 1 rings (SSSR count). The number of hydrogen-bond donors (Lipinski definition) is 1. The molecule has 0 aliphatic rings. The molecule has 74 valence electrons. The Morgan fingerprint density at radius 3 is 2.62 bits per heavy atom. The Hall–Kier alpha value is 0.490. The number of thiophene rings is 1. The molecule has 0 spiro atoms. The molecule has 0 aliphatic carbocycles. The van der Waals surface area contributed by atoms with Crippen molar-refractivity contribution in [2.45, 2.75) is 24.7 Å². The van der Waals surface area contributed by atoms with E-state index in [-0.39, 0.29) is 4.75 Å². The van der Waals surface area contributed by atoms with Crippen molar-refractivity contribution >= 4 is 39.0 Å². The van der Waals surface area contributed by atoms with Gasteiger partial charge < -0.3 is 5.11 Å². The van der Waals surface area contributed by atoms with Crippen LogP contribution in [0.2, 0.25) is 0 Å². The summed E-state index contributed by atoms with van der Waals surface area (Å²) in [4.78, 5) is 1.01. The van der Waals surface area contributed by atoms with Gasteiger partial charge >= 0.3 is 0 Å².